The Labute approximate surface area is 142 Å². The lowest BCUT2D eigenvalue weighted by atomic mass is 10.3. The van der Waals surface area contributed by atoms with Gasteiger partial charge in [-0.1, -0.05) is 18.2 Å². The highest BCUT2D eigenvalue weighted by Gasteiger charge is 2.26. The van der Waals surface area contributed by atoms with Crippen molar-refractivity contribution in [3.63, 3.8) is 0 Å². The summed E-state index contributed by atoms with van der Waals surface area (Å²) in [4.78, 5) is 0.00244. The summed E-state index contributed by atoms with van der Waals surface area (Å²) in [5.41, 5.74) is 0.422. The number of anilines is 1. The molecule has 2 aromatic rings. The van der Waals surface area contributed by atoms with Gasteiger partial charge in [0.1, 0.15) is 0 Å². The summed E-state index contributed by atoms with van der Waals surface area (Å²) in [5, 5.41) is 9.66. The maximum atomic E-state index is 12.9. The van der Waals surface area contributed by atoms with Gasteiger partial charge in [-0.25, -0.2) is 16.8 Å². The normalized spacial score (nSPS) is 13.5. The summed E-state index contributed by atoms with van der Waals surface area (Å²) < 4.78 is 49.9. The molecular weight excluding hydrogens is 350 g/mol. The Morgan fingerprint density at radius 2 is 1.42 bits per heavy atom. The molecule has 8 heteroatoms. The van der Waals surface area contributed by atoms with Crippen molar-refractivity contribution in [3.8, 4) is 0 Å². The van der Waals surface area contributed by atoms with Gasteiger partial charge >= 0.3 is 0 Å². The van der Waals surface area contributed by atoms with Gasteiger partial charge in [0, 0.05) is 6.26 Å². The molecule has 2 aromatic carbocycles. The number of sulfonamides is 1. The van der Waals surface area contributed by atoms with Crippen LogP contribution in [0.4, 0.5) is 5.69 Å². The lowest BCUT2D eigenvalue weighted by Gasteiger charge is -2.25. The second-order valence-electron chi connectivity index (χ2n) is 5.46. The quantitative estimate of drug-likeness (QED) is 0.836. The van der Waals surface area contributed by atoms with Crippen LogP contribution >= 0.6 is 0 Å². The van der Waals surface area contributed by atoms with Gasteiger partial charge in [-0.2, -0.15) is 0 Å². The SMILES string of the molecule is C[C@H](O)CN(c1ccccc1)S(=O)(=O)c1ccc(S(C)(=O)=O)cc1. The van der Waals surface area contributed by atoms with Crippen molar-refractivity contribution in [2.75, 3.05) is 17.1 Å². The van der Waals surface area contributed by atoms with Crippen LogP contribution < -0.4 is 4.31 Å². The molecule has 0 saturated carbocycles. The summed E-state index contributed by atoms with van der Waals surface area (Å²) in [7, 11) is -7.34. The van der Waals surface area contributed by atoms with Crippen molar-refractivity contribution < 1.29 is 21.9 Å². The van der Waals surface area contributed by atoms with Gasteiger partial charge in [0.2, 0.25) is 0 Å². The van der Waals surface area contributed by atoms with Crippen LogP contribution in [0.15, 0.2) is 64.4 Å². The van der Waals surface area contributed by atoms with Crippen molar-refractivity contribution in [2.24, 2.45) is 0 Å². The van der Waals surface area contributed by atoms with Crippen LogP contribution in [-0.4, -0.2) is 40.8 Å². The van der Waals surface area contributed by atoms with Crippen LogP contribution in [0.25, 0.3) is 0 Å². The zero-order valence-electron chi connectivity index (χ0n) is 13.3. The van der Waals surface area contributed by atoms with E-state index in [0.29, 0.717) is 5.69 Å². The fourth-order valence-corrected chi connectivity index (χ4v) is 4.34. The molecule has 24 heavy (non-hydrogen) atoms. The van der Waals surface area contributed by atoms with Crippen LogP contribution in [0, 0.1) is 0 Å². The highest BCUT2D eigenvalue weighted by Crippen LogP contribution is 2.24. The average molecular weight is 369 g/mol. The molecule has 0 amide bonds. The molecule has 1 atom stereocenters. The van der Waals surface area contributed by atoms with E-state index < -0.39 is 26.0 Å². The van der Waals surface area contributed by atoms with Crippen molar-refractivity contribution in [1.29, 1.82) is 0 Å². The van der Waals surface area contributed by atoms with E-state index in [4.69, 9.17) is 0 Å². The minimum atomic E-state index is -3.93. The molecule has 0 saturated heterocycles. The number of para-hydroxylation sites is 1. The highest BCUT2D eigenvalue weighted by atomic mass is 32.2. The molecule has 1 N–H and O–H groups in total. The standard InChI is InChI=1S/C16H19NO5S2/c1-13(18)12-17(14-6-4-3-5-7-14)24(21,22)16-10-8-15(9-11-16)23(2,19)20/h3-11,13,18H,12H2,1-2H3/t13-/m0/s1. The van der Waals surface area contributed by atoms with Gasteiger partial charge in [-0.05, 0) is 43.3 Å². The molecule has 0 radical (unpaired) electrons. The predicted molar refractivity (Wildman–Crippen MR) is 92.2 cm³/mol. The van der Waals surface area contributed by atoms with E-state index in [1.54, 1.807) is 30.3 Å². The van der Waals surface area contributed by atoms with E-state index in [1.807, 2.05) is 0 Å². The number of benzene rings is 2. The van der Waals surface area contributed by atoms with E-state index >= 15 is 0 Å². The third-order valence-corrected chi connectivity index (χ3v) is 6.25. The summed E-state index contributed by atoms with van der Waals surface area (Å²) in [5.74, 6) is 0. The number of aliphatic hydroxyl groups is 1. The molecular formula is C16H19NO5S2. The van der Waals surface area contributed by atoms with E-state index in [2.05, 4.69) is 0 Å². The van der Waals surface area contributed by atoms with E-state index in [0.717, 1.165) is 10.6 Å². The first-order valence-electron chi connectivity index (χ1n) is 7.18. The fourth-order valence-electron chi connectivity index (χ4n) is 2.16. The molecule has 6 nitrogen and oxygen atoms in total. The van der Waals surface area contributed by atoms with Crippen LogP contribution in [0.1, 0.15) is 6.92 Å². The number of sulfone groups is 1. The summed E-state index contributed by atoms with van der Waals surface area (Å²) in [6, 6.07) is 13.4. The van der Waals surface area contributed by atoms with Crippen molar-refractivity contribution >= 4 is 25.5 Å². The first-order valence-corrected chi connectivity index (χ1v) is 10.5. The molecule has 0 aliphatic rings. The topological polar surface area (TPSA) is 91.8 Å². The Bertz CT molecular complexity index is 889. The van der Waals surface area contributed by atoms with E-state index in [9.17, 15) is 21.9 Å². The monoisotopic (exact) mass is 369 g/mol. The Morgan fingerprint density at radius 3 is 1.88 bits per heavy atom. The number of aliphatic hydroxyl groups excluding tert-OH is 1. The lowest BCUT2D eigenvalue weighted by Crippen LogP contribution is -2.36. The van der Waals surface area contributed by atoms with Gasteiger partial charge in [0.15, 0.2) is 9.84 Å². The fraction of sp³-hybridized carbons (Fsp3) is 0.250. The van der Waals surface area contributed by atoms with Gasteiger partial charge in [-0.3, -0.25) is 4.31 Å². The van der Waals surface area contributed by atoms with Crippen LogP contribution in [-0.2, 0) is 19.9 Å². The maximum Gasteiger partial charge on any atom is 0.264 e. The van der Waals surface area contributed by atoms with Gasteiger partial charge < -0.3 is 5.11 Å². The van der Waals surface area contributed by atoms with E-state index in [1.165, 1.54) is 31.2 Å². The Kier molecular flexibility index (Phi) is 5.32. The third-order valence-electron chi connectivity index (χ3n) is 3.31. The maximum absolute atomic E-state index is 12.9. The Hall–Kier alpha value is -1.90. The van der Waals surface area contributed by atoms with Crippen molar-refractivity contribution in [2.45, 2.75) is 22.8 Å². The van der Waals surface area contributed by atoms with E-state index in [-0.39, 0.29) is 16.3 Å². The minimum absolute atomic E-state index is 0.0422. The lowest BCUT2D eigenvalue weighted by molar-refractivity contribution is 0.204. The van der Waals surface area contributed by atoms with Crippen LogP contribution in [0.2, 0.25) is 0 Å². The van der Waals surface area contributed by atoms with Crippen LogP contribution in [0.3, 0.4) is 0 Å². The Balaban J connectivity index is 2.48. The predicted octanol–water partition coefficient (Wildman–Crippen LogP) is 1.67. The molecule has 2 rings (SSSR count). The average Bonchev–Trinajstić information content (AvgIpc) is 2.52. The second-order valence-corrected chi connectivity index (χ2v) is 9.34. The smallest absolute Gasteiger partial charge is 0.264 e. The second kappa shape index (κ2) is 6.92. The first-order chi connectivity index (χ1) is 11.1. The molecule has 0 bridgehead atoms. The first kappa shape index (κ1) is 18.4. The van der Waals surface area contributed by atoms with Gasteiger partial charge in [0.25, 0.3) is 10.0 Å². The van der Waals surface area contributed by atoms with Gasteiger partial charge in [0.05, 0.1) is 28.1 Å². The number of hydrogen-bond donors (Lipinski definition) is 1. The highest BCUT2D eigenvalue weighted by molar-refractivity contribution is 7.93. The van der Waals surface area contributed by atoms with Crippen molar-refractivity contribution in [3.05, 3.63) is 54.6 Å². The molecule has 130 valence electrons. The zero-order chi connectivity index (χ0) is 18.0. The molecule has 0 spiro atoms. The summed E-state index contributed by atoms with van der Waals surface area (Å²) in [6.45, 7) is 1.39. The molecule has 0 heterocycles. The summed E-state index contributed by atoms with van der Waals surface area (Å²) >= 11 is 0. The molecule has 0 unspecified atom stereocenters. The summed E-state index contributed by atoms with van der Waals surface area (Å²) in [6.07, 6.45) is 0.190. The number of rotatable bonds is 6. The number of hydrogen-bond acceptors (Lipinski definition) is 5. The largest absolute Gasteiger partial charge is 0.392 e. The molecule has 0 aliphatic carbocycles. The minimum Gasteiger partial charge on any atom is -0.392 e. The zero-order valence-corrected chi connectivity index (χ0v) is 15.0. The molecule has 0 fully saturated rings. The van der Waals surface area contributed by atoms with Crippen LogP contribution in [0.5, 0.6) is 0 Å². The van der Waals surface area contributed by atoms with Crippen molar-refractivity contribution in [1.82, 2.24) is 0 Å². The molecule has 0 aromatic heterocycles. The Morgan fingerprint density at radius 1 is 0.917 bits per heavy atom. The number of nitrogens with zero attached hydrogens (tertiary/aromatic N) is 1. The third kappa shape index (κ3) is 4.14. The van der Waals surface area contributed by atoms with Gasteiger partial charge in [-0.15, -0.1) is 0 Å². The molecule has 0 aliphatic heterocycles.